The Bertz CT molecular complexity index is 443. The molecule has 2 aromatic rings. The van der Waals surface area contributed by atoms with Gasteiger partial charge in [0.05, 0.1) is 11.8 Å². The van der Waals surface area contributed by atoms with Gasteiger partial charge in [-0.25, -0.2) is 4.98 Å². The highest BCUT2D eigenvalue weighted by molar-refractivity contribution is 14.1. The summed E-state index contributed by atoms with van der Waals surface area (Å²) >= 11 is 2.11. The number of halogens is 1. The fourth-order valence-corrected chi connectivity index (χ4v) is 1.97. The first-order chi connectivity index (χ1) is 6.18. The highest BCUT2D eigenvalue weighted by Gasteiger charge is 2.13. The van der Waals surface area contributed by atoms with Crippen LogP contribution in [0.4, 0.5) is 0 Å². The van der Waals surface area contributed by atoms with Crippen LogP contribution in [0.3, 0.4) is 0 Å². The molecule has 0 spiro atoms. The molecule has 0 saturated heterocycles. The Morgan fingerprint density at radius 1 is 1.38 bits per heavy atom. The average molecular weight is 288 g/mol. The Kier molecular flexibility index (Phi) is 2.26. The smallest absolute Gasteiger partial charge is 0.423 e. The highest BCUT2D eigenvalue weighted by atomic mass is 127. The highest BCUT2D eigenvalue weighted by Crippen LogP contribution is 2.15. The van der Waals surface area contributed by atoms with E-state index in [4.69, 9.17) is 10.0 Å². The van der Waals surface area contributed by atoms with Crippen molar-refractivity contribution in [2.45, 2.75) is 0 Å². The molecule has 0 amide bonds. The molecular formula is C7H6BIN2O2. The minimum Gasteiger partial charge on any atom is -0.423 e. The minimum absolute atomic E-state index is 0.473. The topological polar surface area (TPSA) is 69.1 Å². The van der Waals surface area contributed by atoms with Crippen LogP contribution in [-0.2, 0) is 0 Å². The van der Waals surface area contributed by atoms with Crippen LogP contribution in [0.5, 0.6) is 0 Å². The number of hydrogen-bond acceptors (Lipinski definition) is 3. The van der Waals surface area contributed by atoms with Gasteiger partial charge in [-0.05, 0) is 40.2 Å². The SMILES string of the molecule is OB(O)c1cc(I)c2nc[nH]c2c1. The molecule has 0 bridgehead atoms. The standard InChI is InChI=1S/C7H6BIN2O2/c9-5-1-4(8(12)13)2-6-7(5)11-3-10-6/h1-3,12-13H,(H,10,11). The second-order valence-corrected chi connectivity index (χ2v) is 3.84. The maximum Gasteiger partial charge on any atom is 0.488 e. The van der Waals surface area contributed by atoms with Crippen LogP contribution in [0, 0.1) is 3.57 Å². The molecule has 66 valence electrons. The summed E-state index contributed by atoms with van der Waals surface area (Å²) in [6.45, 7) is 0. The largest absolute Gasteiger partial charge is 0.488 e. The van der Waals surface area contributed by atoms with Gasteiger partial charge in [-0.3, -0.25) is 0 Å². The number of nitrogens with one attached hydrogen (secondary N) is 1. The number of nitrogens with zero attached hydrogens (tertiary/aromatic N) is 1. The van der Waals surface area contributed by atoms with E-state index < -0.39 is 7.12 Å². The van der Waals surface area contributed by atoms with Crippen LogP contribution < -0.4 is 5.46 Å². The van der Waals surface area contributed by atoms with Crippen LogP contribution in [-0.4, -0.2) is 27.1 Å². The first-order valence-electron chi connectivity index (χ1n) is 3.67. The van der Waals surface area contributed by atoms with Crippen LogP contribution in [0.2, 0.25) is 0 Å². The Morgan fingerprint density at radius 3 is 2.85 bits per heavy atom. The van der Waals surface area contributed by atoms with E-state index in [1.54, 1.807) is 18.5 Å². The van der Waals surface area contributed by atoms with Gasteiger partial charge in [0.2, 0.25) is 0 Å². The lowest BCUT2D eigenvalue weighted by Crippen LogP contribution is -2.29. The van der Waals surface area contributed by atoms with Gasteiger partial charge in [-0.1, -0.05) is 0 Å². The molecule has 13 heavy (non-hydrogen) atoms. The minimum atomic E-state index is -1.43. The van der Waals surface area contributed by atoms with Crippen LogP contribution in [0.1, 0.15) is 0 Å². The van der Waals surface area contributed by atoms with Gasteiger partial charge in [0.15, 0.2) is 0 Å². The zero-order valence-corrected chi connectivity index (χ0v) is 8.69. The first kappa shape index (κ1) is 8.98. The lowest BCUT2D eigenvalue weighted by molar-refractivity contribution is 0.426. The molecule has 6 heteroatoms. The molecule has 0 radical (unpaired) electrons. The number of H-pyrrole nitrogens is 1. The molecule has 0 aliphatic carbocycles. The molecule has 4 nitrogen and oxygen atoms in total. The second-order valence-electron chi connectivity index (χ2n) is 2.68. The molecule has 0 unspecified atom stereocenters. The van der Waals surface area contributed by atoms with E-state index in [1.165, 1.54) is 0 Å². The first-order valence-corrected chi connectivity index (χ1v) is 4.75. The molecule has 0 aliphatic rings. The Hall–Kier alpha value is -0.595. The fourth-order valence-electron chi connectivity index (χ4n) is 1.18. The van der Waals surface area contributed by atoms with Crippen molar-refractivity contribution in [3.05, 3.63) is 22.0 Å². The molecule has 0 saturated carbocycles. The summed E-state index contributed by atoms with van der Waals surface area (Å²) in [5, 5.41) is 17.9. The number of hydrogen-bond donors (Lipinski definition) is 3. The van der Waals surface area contributed by atoms with Crippen molar-refractivity contribution in [2.75, 3.05) is 0 Å². The van der Waals surface area contributed by atoms with Crippen molar-refractivity contribution in [1.29, 1.82) is 0 Å². The predicted octanol–water partition coefficient (Wildman–Crippen LogP) is -0.153. The zero-order chi connectivity index (χ0) is 9.42. The number of rotatable bonds is 1. The molecule has 1 aromatic heterocycles. The van der Waals surface area contributed by atoms with E-state index in [0.717, 1.165) is 14.6 Å². The maximum absolute atomic E-state index is 8.96. The van der Waals surface area contributed by atoms with E-state index in [1.807, 2.05) is 0 Å². The summed E-state index contributed by atoms with van der Waals surface area (Å²) in [5.41, 5.74) is 2.14. The van der Waals surface area contributed by atoms with Gasteiger partial charge in [0, 0.05) is 3.57 Å². The van der Waals surface area contributed by atoms with Gasteiger partial charge >= 0.3 is 7.12 Å². The molecule has 1 heterocycles. The molecule has 1 aromatic carbocycles. The van der Waals surface area contributed by atoms with E-state index in [0.29, 0.717) is 5.46 Å². The van der Waals surface area contributed by atoms with Gasteiger partial charge < -0.3 is 15.0 Å². The van der Waals surface area contributed by atoms with Crippen LogP contribution in [0.15, 0.2) is 18.5 Å². The van der Waals surface area contributed by atoms with Gasteiger partial charge in [-0.15, -0.1) is 0 Å². The Balaban J connectivity index is 2.70. The maximum atomic E-state index is 8.96. The number of fused-ring (bicyclic) bond motifs is 1. The lowest BCUT2D eigenvalue weighted by Gasteiger charge is -2.00. The summed E-state index contributed by atoms with van der Waals surface area (Å²) in [6, 6.07) is 3.38. The van der Waals surface area contributed by atoms with Gasteiger partial charge in [0.1, 0.15) is 5.52 Å². The van der Waals surface area contributed by atoms with E-state index >= 15 is 0 Å². The third-order valence-electron chi connectivity index (χ3n) is 1.80. The molecule has 3 N–H and O–H groups in total. The summed E-state index contributed by atoms with van der Waals surface area (Å²) in [7, 11) is -1.43. The molecule has 0 aliphatic heterocycles. The van der Waals surface area contributed by atoms with Crippen molar-refractivity contribution < 1.29 is 10.0 Å². The zero-order valence-electron chi connectivity index (χ0n) is 6.53. The summed E-state index contributed by atoms with van der Waals surface area (Å²) in [5.74, 6) is 0. The van der Waals surface area contributed by atoms with Crippen molar-refractivity contribution >= 4 is 46.2 Å². The van der Waals surface area contributed by atoms with Crippen LogP contribution >= 0.6 is 22.6 Å². The van der Waals surface area contributed by atoms with Crippen molar-refractivity contribution in [2.24, 2.45) is 0 Å². The van der Waals surface area contributed by atoms with Crippen LogP contribution in [0.25, 0.3) is 11.0 Å². The van der Waals surface area contributed by atoms with E-state index in [9.17, 15) is 0 Å². The van der Waals surface area contributed by atoms with Gasteiger partial charge in [0.25, 0.3) is 0 Å². The third-order valence-corrected chi connectivity index (χ3v) is 2.62. The fraction of sp³-hybridized carbons (Fsp3) is 0. The van der Waals surface area contributed by atoms with E-state index in [2.05, 4.69) is 32.6 Å². The Labute approximate surface area is 88.3 Å². The number of aromatic amines is 1. The van der Waals surface area contributed by atoms with Gasteiger partial charge in [-0.2, -0.15) is 0 Å². The summed E-state index contributed by atoms with van der Waals surface area (Å²) < 4.78 is 0.902. The lowest BCUT2D eigenvalue weighted by atomic mass is 9.80. The average Bonchev–Trinajstić information content (AvgIpc) is 2.51. The Morgan fingerprint density at radius 2 is 2.15 bits per heavy atom. The number of aromatic nitrogens is 2. The quantitative estimate of drug-likeness (QED) is 0.505. The van der Waals surface area contributed by atoms with Crippen molar-refractivity contribution in [3.63, 3.8) is 0 Å². The normalized spacial score (nSPS) is 10.7. The summed E-state index contributed by atoms with van der Waals surface area (Å²) in [4.78, 5) is 7.01. The monoisotopic (exact) mass is 288 g/mol. The molecule has 0 fully saturated rings. The number of benzene rings is 1. The number of imidazole rings is 1. The molecule has 2 rings (SSSR count). The summed E-state index contributed by atoms with van der Waals surface area (Å²) in [6.07, 6.45) is 1.58. The third kappa shape index (κ3) is 1.56. The van der Waals surface area contributed by atoms with Crippen molar-refractivity contribution in [1.82, 2.24) is 9.97 Å². The van der Waals surface area contributed by atoms with Crippen molar-refractivity contribution in [3.8, 4) is 0 Å². The second kappa shape index (κ2) is 3.28. The van der Waals surface area contributed by atoms with E-state index in [-0.39, 0.29) is 0 Å². The predicted molar refractivity (Wildman–Crippen MR) is 58.6 cm³/mol. The molecule has 0 atom stereocenters. The molecular weight excluding hydrogens is 282 g/mol.